The highest BCUT2D eigenvalue weighted by Gasteiger charge is 2.05. The Morgan fingerprint density at radius 2 is 1.65 bits per heavy atom. The lowest BCUT2D eigenvalue weighted by Gasteiger charge is -2.16. The van der Waals surface area contributed by atoms with Crippen LogP contribution < -0.4 is 10.6 Å². The molecule has 5 heteroatoms. The van der Waals surface area contributed by atoms with Crippen LogP contribution in [0.2, 0.25) is 0 Å². The fraction of sp³-hybridized carbons (Fsp3) is 0.333. The van der Waals surface area contributed by atoms with E-state index in [2.05, 4.69) is 28.7 Å². The van der Waals surface area contributed by atoms with Gasteiger partial charge in [0.25, 0.3) is 11.8 Å². The molecule has 0 bridgehead atoms. The molecule has 0 spiro atoms. The molecule has 5 nitrogen and oxygen atoms in total. The summed E-state index contributed by atoms with van der Waals surface area (Å²) in [5.74, 6) is -0.173. The quantitative estimate of drug-likeness (QED) is 0.344. The standard InChI is InChI=1S/C21H29N3O2/c1-4-11-18(5-2)20(25)22-14-9-16-24(3)17-10-15-23-21(26)19-12-7-6-8-13-19/h4-8,11-13H,1-2,9-10,14-17H2,3H3,(H,22,25)(H,23,26)/b18-11+. The van der Waals surface area contributed by atoms with Crippen molar-refractivity contribution in [2.45, 2.75) is 12.8 Å². The van der Waals surface area contributed by atoms with E-state index in [9.17, 15) is 9.59 Å². The highest BCUT2D eigenvalue weighted by atomic mass is 16.2. The summed E-state index contributed by atoms with van der Waals surface area (Å²) in [6.07, 6.45) is 6.47. The molecule has 140 valence electrons. The molecule has 0 fully saturated rings. The van der Waals surface area contributed by atoms with Gasteiger partial charge in [-0.3, -0.25) is 9.59 Å². The minimum atomic E-state index is -0.133. The molecule has 2 N–H and O–H groups in total. The lowest BCUT2D eigenvalue weighted by molar-refractivity contribution is -0.117. The zero-order valence-electron chi connectivity index (χ0n) is 15.5. The first-order valence-corrected chi connectivity index (χ1v) is 8.83. The Morgan fingerprint density at radius 1 is 1.04 bits per heavy atom. The van der Waals surface area contributed by atoms with Gasteiger partial charge in [-0.2, -0.15) is 0 Å². The first kappa shape index (κ1) is 21.4. The van der Waals surface area contributed by atoms with Gasteiger partial charge in [-0.25, -0.2) is 0 Å². The summed E-state index contributed by atoms with van der Waals surface area (Å²) < 4.78 is 0. The highest BCUT2D eigenvalue weighted by molar-refractivity contribution is 5.96. The maximum atomic E-state index is 11.9. The number of carbonyl (C=O) groups excluding carboxylic acids is 2. The van der Waals surface area contributed by atoms with Crippen LogP contribution in [-0.2, 0) is 4.79 Å². The van der Waals surface area contributed by atoms with Crippen molar-refractivity contribution in [2.24, 2.45) is 0 Å². The zero-order valence-corrected chi connectivity index (χ0v) is 15.5. The summed E-state index contributed by atoms with van der Waals surface area (Å²) in [4.78, 5) is 25.9. The van der Waals surface area contributed by atoms with Crippen molar-refractivity contribution in [3.8, 4) is 0 Å². The number of benzene rings is 1. The molecule has 0 aliphatic heterocycles. The number of hydrogen-bond acceptors (Lipinski definition) is 3. The van der Waals surface area contributed by atoms with Crippen LogP contribution in [0, 0.1) is 0 Å². The number of nitrogens with one attached hydrogen (secondary N) is 2. The van der Waals surface area contributed by atoms with Crippen molar-refractivity contribution < 1.29 is 9.59 Å². The average molecular weight is 355 g/mol. The molecule has 0 unspecified atom stereocenters. The lowest BCUT2D eigenvalue weighted by atomic mass is 10.2. The van der Waals surface area contributed by atoms with Crippen molar-refractivity contribution in [3.05, 3.63) is 72.9 Å². The molecular formula is C21H29N3O2. The van der Waals surface area contributed by atoms with Gasteiger partial charge in [0.15, 0.2) is 0 Å². The first-order chi connectivity index (χ1) is 12.6. The Morgan fingerprint density at radius 3 is 2.23 bits per heavy atom. The molecule has 0 aromatic heterocycles. The van der Waals surface area contributed by atoms with E-state index in [0.29, 0.717) is 24.2 Å². The number of rotatable bonds is 12. The Balaban J connectivity index is 2.12. The second-order valence-corrected chi connectivity index (χ2v) is 5.95. The molecule has 0 heterocycles. The molecule has 26 heavy (non-hydrogen) atoms. The molecule has 0 aliphatic carbocycles. The number of nitrogens with zero attached hydrogens (tertiary/aromatic N) is 1. The molecule has 1 rings (SSSR count). The Hall–Kier alpha value is -2.66. The predicted octanol–water partition coefficient (Wildman–Crippen LogP) is 2.54. The third-order valence-corrected chi connectivity index (χ3v) is 3.82. The van der Waals surface area contributed by atoms with Crippen LogP contribution in [0.15, 0.2) is 67.3 Å². The molecular weight excluding hydrogens is 326 g/mol. The highest BCUT2D eigenvalue weighted by Crippen LogP contribution is 1.98. The largest absolute Gasteiger partial charge is 0.352 e. The van der Waals surface area contributed by atoms with Crippen LogP contribution in [0.3, 0.4) is 0 Å². The molecule has 0 saturated carbocycles. The summed E-state index contributed by atoms with van der Waals surface area (Å²) >= 11 is 0. The van der Waals surface area contributed by atoms with E-state index in [0.717, 1.165) is 25.9 Å². The number of hydrogen-bond donors (Lipinski definition) is 2. The van der Waals surface area contributed by atoms with Gasteiger partial charge in [-0.1, -0.05) is 49.6 Å². The Labute approximate surface area is 156 Å². The van der Waals surface area contributed by atoms with E-state index >= 15 is 0 Å². The third kappa shape index (κ3) is 8.44. The number of carbonyl (C=O) groups is 2. The van der Waals surface area contributed by atoms with E-state index in [1.807, 2.05) is 25.2 Å². The molecule has 2 amide bonds. The van der Waals surface area contributed by atoms with Gasteiger partial charge >= 0.3 is 0 Å². The second kappa shape index (κ2) is 12.7. The average Bonchev–Trinajstić information content (AvgIpc) is 2.67. The van der Waals surface area contributed by atoms with Crippen molar-refractivity contribution in [1.29, 1.82) is 0 Å². The summed E-state index contributed by atoms with van der Waals surface area (Å²) in [6, 6.07) is 9.21. The van der Waals surface area contributed by atoms with Gasteiger partial charge in [-0.15, -0.1) is 0 Å². The zero-order chi connectivity index (χ0) is 19.2. The van der Waals surface area contributed by atoms with Crippen LogP contribution in [0.1, 0.15) is 23.2 Å². The van der Waals surface area contributed by atoms with E-state index in [-0.39, 0.29) is 11.8 Å². The van der Waals surface area contributed by atoms with Gasteiger partial charge < -0.3 is 15.5 Å². The summed E-state index contributed by atoms with van der Waals surface area (Å²) in [7, 11) is 2.04. The topological polar surface area (TPSA) is 61.4 Å². The number of allylic oxidation sites excluding steroid dienone is 2. The van der Waals surface area contributed by atoms with E-state index < -0.39 is 0 Å². The summed E-state index contributed by atoms with van der Waals surface area (Å²) in [5.41, 5.74) is 1.20. The SMILES string of the molecule is C=C/C=C(\C=C)C(=O)NCCCN(C)CCCNC(=O)c1ccccc1. The van der Waals surface area contributed by atoms with Gasteiger partial charge in [0.2, 0.25) is 0 Å². The minimum Gasteiger partial charge on any atom is -0.352 e. The molecule has 0 atom stereocenters. The van der Waals surface area contributed by atoms with Gasteiger partial charge in [0.05, 0.1) is 0 Å². The second-order valence-electron chi connectivity index (χ2n) is 5.95. The van der Waals surface area contributed by atoms with Gasteiger partial charge in [0, 0.05) is 24.2 Å². The first-order valence-electron chi connectivity index (χ1n) is 8.83. The van der Waals surface area contributed by atoms with Crippen LogP contribution in [0.4, 0.5) is 0 Å². The van der Waals surface area contributed by atoms with Crippen LogP contribution in [0.25, 0.3) is 0 Å². The van der Waals surface area contributed by atoms with Crippen LogP contribution in [0.5, 0.6) is 0 Å². The summed E-state index contributed by atoms with van der Waals surface area (Å²) in [5, 5.41) is 5.79. The predicted molar refractivity (Wildman–Crippen MR) is 107 cm³/mol. The third-order valence-electron chi connectivity index (χ3n) is 3.82. The Kier molecular flexibility index (Phi) is 10.4. The van der Waals surface area contributed by atoms with Gasteiger partial charge in [0.1, 0.15) is 0 Å². The van der Waals surface area contributed by atoms with Gasteiger partial charge in [-0.05, 0) is 45.1 Å². The monoisotopic (exact) mass is 355 g/mol. The molecule has 0 radical (unpaired) electrons. The minimum absolute atomic E-state index is 0.0402. The lowest BCUT2D eigenvalue weighted by Crippen LogP contribution is -2.31. The molecule has 1 aromatic carbocycles. The molecule has 0 aliphatic rings. The van der Waals surface area contributed by atoms with E-state index in [4.69, 9.17) is 0 Å². The normalized spacial score (nSPS) is 11.1. The Bertz CT molecular complexity index is 623. The van der Waals surface area contributed by atoms with E-state index in [1.165, 1.54) is 6.08 Å². The molecule has 0 saturated heterocycles. The molecule has 1 aromatic rings. The smallest absolute Gasteiger partial charge is 0.251 e. The maximum absolute atomic E-state index is 11.9. The van der Waals surface area contributed by atoms with Crippen molar-refractivity contribution >= 4 is 11.8 Å². The van der Waals surface area contributed by atoms with E-state index in [1.54, 1.807) is 24.3 Å². The fourth-order valence-electron chi connectivity index (χ4n) is 2.37. The van der Waals surface area contributed by atoms with Crippen LogP contribution in [-0.4, -0.2) is 49.9 Å². The fourth-order valence-corrected chi connectivity index (χ4v) is 2.37. The number of amides is 2. The van der Waals surface area contributed by atoms with Crippen LogP contribution >= 0.6 is 0 Å². The van der Waals surface area contributed by atoms with Crippen molar-refractivity contribution in [3.63, 3.8) is 0 Å². The maximum Gasteiger partial charge on any atom is 0.251 e. The van der Waals surface area contributed by atoms with Crippen molar-refractivity contribution in [2.75, 3.05) is 33.2 Å². The van der Waals surface area contributed by atoms with Crippen molar-refractivity contribution in [1.82, 2.24) is 15.5 Å². The summed E-state index contributed by atoms with van der Waals surface area (Å²) in [6.45, 7) is 10.2.